The molecule has 0 aliphatic carbocycles. The first kappa shape index (κ1) is 19.9. The van der Waals surface area contributed by atoms with Crippen LogP contribution in [-0.4, -0.2) is 56.7 Å². The average molecular weight is 432 g/mol. The third-order valence-electron chi connectivity index (χ3n) is 5.69. The number of likely N-dealkylation sites (tertiary alicyclic amines) is 1. The highest BCUT2D eigenvalue weighted by molar-refractivity contribution is 5.91. The smallest absolute Gasteiger partial charge is 0.262 e. The van der Waals surface area contributed by atoms with Crippen LogP contribution in [-0.2, 0) is 10.4 Å². The van der Waals surface area contributed by atoms with E-state index in [0.717, 1.165) is 11.1 Å². The van der Waals surface area contributed by atoms with Crippen LogP contribution in [0, 0.1) is 0 Å². The summed E-state index contributed by atoms with van der Waals surface area (Å²) in [6.45, 7) is 0.448. The monoisotopic (exact) mass is 432 g/mol. The zero-order valence-electron chi connectivity index (χ0n) is 17.4. The molecule has 5 rings (SSSR count). The van der Waals surface area contributed by atoms with Gasteiger partial charge in [0.05, 0.1) is 12.8 Å². The Balaban J connectivity index is 1.55. The molecular weight excluding hydrogens is 412 g/mol. The number of pyridine rings is 1. The van der Waals surface area contributed by atoms with Gasteiger partial charge < -0.3 is 25.0 Å². The molecule has 3 aromatic heterocycles. The molecule has 0 bridgehead atoms. The van der Waals surface area contributed by atoms with Gasteiger partial charge in [0.2, 0.25) is 5.60 Å². The zero-order chi connectivity index (χ0) is 22.5. The minimum atomic E-state index is -1.69. The maximum atomic E-state index is 12.4. The second kappa shape index (κ2) is 7.27. The first-order chi connectivity index (χ1) is 15.4. The third kappa shape index (κ3) is 3.04. The highest BCUT2D eigenvalue weighted by atomic mass is 16.5. The lowest BCUT2D eigenvalue weighted by atomic mass is 9.97. The van der Waals surface area contributed by atoms with E-state index in [1.54, 1.807) is 26.3 Å². The molecule has 32 heavy (non-hydrogen) atoms. The number of aliphatic hydroxyl groups is 1. The lowest BCUT2D eigenvalue weighted by Gasteiger charge is -2.16. The fraction of sp³-hybridized carbons (Fsp3) is 0.227. The molecule has 1 aliphatic heterocycles. The van der Waals surface area contributed by atoms with Gasteiger partial charge in [-0.1, -0.05) is 23.4 Å². The van der Waals surface area contributed by atoms with E-state index in [1.807, 2.05) is 24.3 Å². The Morgan fingerprint density at radius 2 is 1.94 bits per heavy atom. The van der Waals surface area contributed by atoms with Crippen LogP contribution in [0.3, 0.4) is 0 Å². The van der Waals surface area contributed by atoms with E-state index in [0.29, 0.717) is 34.7 Å². The molecule has 0 saturated carbocycles. The Labute approximate surface area is 182 Å². The molecule has 1 aromatic carbocycles. The summed E-state index contributed by atoms with van der Waals surface area (Å²) in [5, 5.41) is 14.9. The van der Waals surface area contributed by atoms with Crippen LogP contribution in [0.4, 0.5) is 5.82 Å². The predicted molar refractivity (Wildman–Crippen MR) is 115 cm³/mol. The Bertz CT molecular complexity index is 1350. The number of nitrogens with two attached hydrogens (primary N) is 1. The molecule has 1 saturated heterocycles. The number of anilines is 1. The van der Waals surface area contributed by atoms with E-state index in [2.05, 4.69) is 20.1 Å². The van der Waals surface area contributed by atoms with Crippen molar-refractivity contribution < 1.29 is 19.2 Å². The maximum Gasteiger partial charge on any atom is 0.262 e. The number of likely N-dealkylation sites (N-methyl/N-ethyl adjacent to an activating group) is 1. The fourth-order valence-electron chi connectivity index (χ4n) is 3.86. The number of nitrogens with zero attached hydrogens (tertiary/aromatic N) is 5. The molecular formula is C22H20N6O4. The molecule has 4 heterocycles. The van der Waals surface area contributed by atoms with E-state index >= 15 is 0 Å². The van der Waals surface area contributed by atoms with Gasteiger partial charge in [-0.25, -0.2) is 15.0 Å². The summed E-state index contributed by atoms with van der Waals surface area (Å²) in [4.78, 5) is 26.7. The number of hydrogen-bond donors (Lipinski definition) is 2. The molecule has 0 spiro atoms. The summed E-state index contributed by atoms with van der Waals surface area (Å²) in [6, 6.07) is 10.8. The van der Waals surface area contributed by atoms with Gasteiger partial charge in [-0.2, -0.15) is 0 Å². The Kier molecular flexibility index (Phi) is 4.52. The molecule has 1 fully saturated rings. The summed E-state index contributed by atoms with van der Waals surface area (Å²) in [5.41, 5.74) is 7.91. The number of methoxy groups -OCH3 is 1. The molecule has 10 nitrogen and oxygen atoms in total. The number of rotatable bonds is 4. The van der Waals surface area contributed by atoms with Crippen LogP contribution in [0.15, 0.2) is 47.2 Å². The SMILES string of the molecule is COc1cc(-c2cccc(-c3cc([C@]4(O)CCN(C)C4=O)on3)c2)nc2c(N)ncnc12. The van der Waals surface area contributed by atoms with Crippen LogP contribution in [0.25, 0.3) is 33.5 Å². The molecule has 162 valence electrons. The lowest BCUT2D eigenvalue weighted by Crippen LogP contribution is -2.35. The minimum Gasteiger partial charge on any atom is -0.494 e. The molecule has 0 radical (unpaired) electrons. The lowest BCUT2D eigenvalue weighted by molar-refractivity contribution is -0.144. The van der Waals surface area contributed by atoms with E-state index in [1.165, 1.54) is 11.2 Å². The molecule has 0 unspecified atom stereocenters. The van der Waals surface area contributed by atoms with Crippen LogP contribution in [0.2, 0.25) is 0 Å². The number of carbonyl (C=O) groups is 1. The molecule has 3 N–H and O–H groups in total. The average Bonchev–Trinajstić information content (AvgIpc) is 3.41. The molecule has 10 heteroatoms. The van der Waals surface area contributed by atoms with E-state index in [-0.39, 0.29) is 18.0 Å². The number of fused-ring (bicyclic) bond motifs is 1. The van der Waals surface area contributed by atoms with Crippen molar-refractivity contribution in [1.29, 1.82) is 0 Å². The summed E-state index contributed by atoms with van der Waals surface area (Å²) in [5.74, 6) is 0.509. The van der Waals surface area contributed by atoms with Crippen molar-refractivity contribution in [3.05, 3.63) is 48.5 Å². The van der Waals surface area contributed by atoms with Gasteiger partial charge in [0.25, 0.3) is 5.91 Å². The normalized spacial score (nSPS) is 18.5. The molecule has 1 amide bonds. The number of aromatic nitrogens is 4. The van der Waals surface area contributed by atoms with Gasteiger partial charge in [0.1, 0.15) is 28.8 Å². The second-order valence-corrected chi connectivity index (χ2v) is 7.66. The van der Waals surface area contributed by atoms with Gasteiger partial charge in [-0.15, -0.1) is 0 Å². The van der Waals surface area contributed by atoms with Gasteiger partial charge in [0.15, 0.2) is 11.6 Å². The van der Waals surface area contributed by atoms with Crippen LogP contribution in [0.5, 0.6) is 5.75 Å². The zero-order valence-corrected chi connectivity index (χ0v) is 17.4. The third-order valence-corrected chi connectivity index (χ3v) is 5.69. The number of benzene rings is 1. The first-order valence-corrected chi connectivity index (χ1v) is 9.92. The van der Waals surface area contributed by atoms with E-state index < -0.39 is 11.5 Å². The highest BCUT2D eigenvalue weighted by Crippen LogP contribution is 2.36. The number of ether oxygens (including phenoxy) is 1. The quantitative estimate of drug-likeness (QED) is 0.495. The molecule has 1 atom stereocenters. The second-order valence-electron chi connectivity index (χ2n) is 7.66. The van der Waals surface area contributed by atoms with Gasteiger partial charge in [-0.05, 0) is 6.07 Å². The molecule has 4 aromatic rings. The summed E-state index contributed by atoms with van der Waals surface area (Å²) in [6.07, 6.45) is 1.62. The fourth-order valence-corrected chi connectivity index (χ4v) is 3.86. The summed E-state index contributed by atoms with van der Waals surface area (Å²) < 4.78 is 10.8. The maximum absolute atomic E-state index is 12.4. The number of hydrogen-bond acceptors (Lipinski definition) is 9. The summed E-state index contributed by atoms with van der Waals surface area (Å²) in [7, 11) is 3.19. The largest absolute Gasteiger partial charge is 0.494 e. The first-order valence-electron chi connectivity index (χ1n) is 9.92. The highest BCUT2D eigenvalue weighted by Gasteiger charge is 2.48. The topological polar surface area (TPSA) is 140 Å². The molecule has 1 aliphatic rings. The predicted octanol–water partition coefficient (Wildman–Crippen LogP) is 1.99. The Morgan fingerprint density at radius 3 is 2.66 bits per heavy atom. The van der Waals surface area contributed by atoms with Crippen molar-refractivity contribution in [3.8, 4) is 28.3 Å². The standard InChI is InChI=1S/C22H20N6O4/c1-28-7-6-22(30,21(28)29)17-10-15(27-32-17)13-5-3-4-12(8-13)14-9-16(31-2)18-19(26-14)20(23)25-11-24-18/h3-5,8-11,30H,6-7H2,1-2H3,(H2,23,24,25)/t22-/m1/s1. The van der Waals surface area contributed by atoms with Crippen molar-refractivity contribution in [2.75, 3.05) is 26.4 Å². The number of amides is 1. The minimum absolute atomic E-state index is 0.127. The summed E-state index contributed by atoms with van der Waals surface area (Å²) >= 11 is 0. The van der Waals surface area contributed by atoms with Crippen LogP contribution >= 0.6 is 0 Å². The van der Waals surface area contributed by atoms with Gasteiger partial charge in [-0.3, -0.25) is 4.79 Å². The Morgan fingerprint density at radius 1 is 1.16 bits per heavy atom. The van der Waals surface area contributed by atoms with Gasteiger partial charge in [0, 0.05) is 43.3 Å². The number of nitrogen functional groups attached to an aromatic ring is 1. The Hall–Kier alpha value is -4.05. The van der Waals surface area contributed by atoms with Crippen molar-refractivity contribution in [1.82, 2.24) is 25.0 Å². The van der Waals surface area contributed by atoms with Crippen molar-refractivity contribution in [2.45, 2.75) is 12.0 Å². The van der Waals surface area contributed by atoms with Crippen molar-refractivity contribution in [2.24, 2.45) is 0 Å². The van der Waals surface area contributed by atoms with Crippen LogP contribution < -0.4 is 10.5 Å². The van der Waals surface area contributed by atoms with Crippen molar-refractivity contribution in [3.63, 3.8) is 0 Å². The van der Waals surface area contributed by atoms with E-state index in [9.17, 15) is 9.90 Å². The van der Waals surface area contributed by atoms with Crippen molar-refractivity contribution >= 4 is 22.8 Å². The van der Waals surface area contributed by atoms with Crippen LogP contribution in [0.1, 0.15) is 12.2 Å². The van der Waals surface area contributed by atoms with Gasteiger partial charge >= 0.3 is 0 Å². The number of carbonyl (C=O) groups excluding carboxylic acids is 1. The van der Waals surface area contributed by atoms with E-state index in [4.69, 9.17) is 15.0 Å².